The standard InChI is InChI=1S/C23H35Cl2N3/c1-4-7-9-10-12-19-20(13-17(6-3)11-8-5-2)28-23-21(15-25)26-16-18(14-24)22(23)27-19/h16-17H,4-15H2,1-3H3. The monoisotopic (exact) mass is 423 g/mol. The first-order valence-corrected chi connectivity index (χ1v) is 12.0. The van der Waals surface area contributed by atoms with Crippen LogP contribution < -0.4 is 0 Å². The van der Waals surface area contributed by atoms with Crippen molar-refractivity contribution in [2.75, 3.05) is 0 Å². The smallest absolute Gasteiger partial charge is 0.112 e. The Balaban J connectivity index is 2.43. The van der Waals surface area contributed by atoms with Gasteiger partial charge in [0.2, 0.25) is 0 Å². The second-order valence-electron chi connectivity index (χ2n) is 7.74. The highest BCUT2D eigenvalue weighted by Crippen LogP contribution is 2.26. The van der Waals surface area contributed by atoms with Gasteiger partial charge in [0.05, 0.1) is 34.4 Å². The zero-order valence-electron chi connectivity index (χ0n) is 17.7. The molecule has 0 saturated heterocycles. The van der Waals surface area contributed by atoms with Crippen molar-refractivity contribution in [1.29, 1.82) is 0 Å². The van der Waals surface area contributed by atoms with Crippen molar-refractivity contribution < 1.29 is 0 Å². The molecule has 1 unspecified atom stereocenters. The van der Waals surface area contributed by atoms with Crippen molar-refractivity contribution in [2.45, 2.75) is 96.7 Å². The van der Waals surface area contributed by atoms with E-state index in [-0.39, 0.29) is 0 Å². The van der Waals surface area contributed by atoms with Gasteiger partial charge in [0.15, 0.2) is 0 Å². The van der Waals surface area contributed by atoms with Gasteiger partial charge in [-0.3, -0.25) is 4.98 Å². The first kappa shape index (κ1) is 23.3. The lowest BCUT2D eigenvalue weighted by molar-refractivity contribution is 0.443. The molecule has 156 valence electrons. The number of halogens is 2. The van der Waals surface area contributed by atoms with Crippen molar-refractivity contribution in [3.63, 3.8) is 0 Å². The minimum absolute atomic E-state index is 0.343. The molecule has 2 heterocycles. The topological polar surface area (TPSA) is 38.7 Å². The summed E-state index contributed by atoms with van der Waals surface area (Å²) in [5, 5.41) is 0. The third kappa shape index (κ3) is 6.29. The minimum atomic E-state index is 0.343. The molecular formula is C23H35Cl2N3. The second kappa shape index (κ2) is 12.6. The molecule has 0 aliphatic carbocycles. The van der Waals surface area contributed by atoms with E-state index in [9.17, 15) is 0 Å². The van der Waals surface area contributed by atoms with Crippen LogP contribution in [0, 0.1) is 5.92 Å². The van der Waals surface area contributed by atoms with Crippen LogP contribution in [0.15, 0.2) is 6.20 Å². The van der Waals surface area contributed by atoms with Crippen LogP contribution in [0.1, 0.15) is 94.8 Å². The number of hydrogen-bond donors (Lipinski definition) is 0. The maximum atomic E-state index is 6.16. The molecule has 5 heteroatoms. The van der Waals surface area contributed by atoms with Gasteiger partial charge in [0.1, 0.15) is 5.52 Å². The highest BCUT2D eigenvalue weighted by Gasteiger charge is 2.17. The van der Waals surface area contributed by atoms with Gasteiger partial charge in [-0.15, -0.1) is 23.2 Å². The van der Waals surface area contributed by atoms with E-state index in [1.807, 2.05) is 0 Å². The molecule has 0 spiro atoms. The van der Waals surface area contributed by atoms with E-state index >= 15 is 0 Å². The lowest BCUT2D eigenvalue weighted by atomic mass is 9.92. The van der Waals surface area contributed by atoms with Gasteiger partial charge in [-0.25, -0.2) is 9.97 Å². The van der Waals surface area contributed by atoms with Gasteiger partial charge >= 0.3 is 0 Å². The zero-order valence-corrected chi connectivity index (χ0v) is 19.2. The second-order valence-corrected chi connectivity index (χ2v) is 8.28. The van der Waals surface area contributed by atoms with Crippen LogP contribution >= 0.6 is 23.2 Å². The number of hydrogen-bond acceptors (Lipinski definition) is 3. The summed E-state index contributed by atoms with van der Waals surface area (Å²) in [6, 6.07) is 0. The third-order valence-electron chi connectivity index (χ3n) is 5.57. The van der Waals surface area contributed by atoms with Crippen molar-refractivity contribution in [3.8, 4) is 0 Å². The van der Waals surface area contributed by atoms with Crippen molar-refractivity contribution in [3.05, 3.63) is 28.8 Å². The number of aryl methyl sites for hydroxylation is 1. The maximum absolute atomic E-state index is 6.16. The van der Waals surface area contributed by atoms with E-state index in [0.717, 1.165) is 52.9 Å². The Morgan fingerprint density at radius 3 is 2.21 bits per heavy atom. The number of aromatic nitrogens is 3. The molecule has 0 aliphatic rings. The predicted octanol–water partition coefficient (Wildman–Crippen LogP) is 7.38. The van der Waals surface area contributed by atoms with Gasteiger partial charge < -0.3 is 0 Å². The molecule has 2 aromatic heterocycles. The summed E-state index contributed by atoms with van der Waals surface area (Å²) >= 11 is 12.3. The number of unbranched alkanes of at least 4 members (excludes halogenated alkanes) is 4. The lowest BCUT2D eigenvalue weighted by Gasteiger charge is -2.18. The quantitative estimate of drug-likeness (QED) is 0.249. The van der Waals surface area contributed by atoms with E-state index in [4.69, 9.17) is 33.2 Å². The molecule has 2 aromatic rings. The van der Waals surface area contributed by atoms with Crippen LogP contribution in [0.3, 0.4) is 0 Å². The van der Waals surface area contributed by atoms with E-state index < -0.39 is 0 Å². The maximum Gasteiger partial charge on any atom is 0.112 e. The Morgan fingerprint density at radius 1 is 0.821 bits per heavy atom. The number of rotatable bonds is 13. The molecule has 0 N–H and O–H groups in total. The molecule has 0 aliphatic heterocycles. The van der Waals surface area contributed by atoms with E-state index in [1.165, 1.54) is 44.9 Å². The zero-order chi connectivity index (χ0) is 20.4. The number of pyridine rings is 1. The van der Waals surface area contributed by atoms with Gasteiger partial charge in [-0.2, -0.15) is 0 Å². The summed E-state index contributed by atoms with van der Waals surface area (Å²) in [6.45, 7) is 6.79. The average Bonchev–Trinajstić information content (AvgIpc) is 2.73. The molecule has 3 nitrogen and oxygen atoms in total. The van der Waals surface area contributed by atoms with E-state index in [2.05, 4.69) is 25.8 Å². The Morgan fingerprint density at radius 2 is 1.57 bits per heavy atom. The van der Waals surface area contributed by atoms with Crippen LogP contribution in [-0.4, -0.2) is 15.0 Å². The molecule has 0 saturated carbocycles. The lowest BCUT2D eigenvalue weighted by Crippen LogP contribution is -2.11. The summed E-state index contributed by atoms with van der Waals surface area (Å²) in [7, 11) is 0. The van der Waals surface area contributed by atoms with Gasteiger partial charge in [-0.1, -0.05) is 65.7 Å². The van der Waals surface area contributed by atoms with Crippen LogP contribution in [0.4, 0.5) is 0 Å². The molecular weight excluding hydrogens is 389 g/mol. The largest absolute Gasteiger partial charge is 0.257 e. The summed E-state index contributed by atoms with van der Waals surface area (Å²) in [4.78, 5) is 14.6. The first-order valence-electron chi connectivity index (χ1n) is 11.0. The van der Waals surface area contributed by atoms with E-state index in [0.29, 0.717) is 17.7 Å². The van der Waals surface area contributed by atoms with E-state index in [1.54, 1.807) is 6.20 Å². The average molecular weight is 424 g/mol. The summed E-state index contributed by atoms with van der Waals surface area (Å²) in [5.74, 6) is 1.39. The molecule has 0 fully saturated rings. The van der Waals surface area contributed by atoms with Crippen LogP contribution in [0.25, 0.3) is 11.0 Å². The normalized spacial score (nSPS) is 12.6. The summed E-state index contributed by atoms with van der Waals surface area (Å²) in [5.41, 5.74) is 5.77. The number of alkyl halides is 2. The van der Waals surface area contributed by atoms with Gasteiger partial charge in [0, 0.05) is 11.8 Å². The Kier molecular flexibility index (Phi) is 10.5. The SMILES string of the molecule is CCCCCCc1nc2c(CCl)cnc(CCl)c2nc1CC(CC)CCCC. The first-order chi connectivity index (χ1) is 13.7. The molecule has 28 heavy (non-hydrogen) atoms. The summed E-state index contributed by atoms with van der Waals surface area (Å²) < 4.78 is 0. The fourth-order valence-electron chi connectivity index (χ4n) is 3.70. The number of nitrogens with zero attached hydrogens (tertiary/aromatic N) is 3. The molecule has 2 rings (SSSR count). The predicted molar refractivity (Wildman–Crippen MR) is 121 cm³/mol. The molecule has 0 bridgehead atoms. The Hall–Kier alpha value is -0.930. The van der Waals surface area contributed by atoms with Gasteiger partial charge in [0.25, 0.3) is 0 Å². The molecule has 0 radical (unpaired) electrons. The van der Waals surface area contributed by atoms with Crippen molar-refractivity contribution >= 4 is 34.2 Å². The van der Waals surface area contributed by atoms with Crippen LogP contribution in [0.2, 0.25) is 0 Å². The fraction of sp³-hybridized carbons (Fsp3) is 0.696. The summed E-state index contributed by atoms with van der Waals surface area (Å²) in [6.07, 6.45) is 13.7. The third-order valence-corrected chi connectivity index (χ3v) is 6.11. The number of fused-ring (bicyclic) bond motifs is 1. The van der Waals surface area contributed by atoms with Crippen molar-refractivity contribution in [2.24, 2.45) is 5.92 Å². The molecule has 0 amide bonds. The minimum Gasteiger partial charge on any atom is -0.257 e. The molecule has 1 atom stereocenters. The Bertz CT molecular complexity index is 733. The highest BCUT2D eigenvalue weighted by molar-refractivity contribution is 6.18. The van der Waals surface area contributed by atoms with Crippen LogP contribution in [0.5, 0.6) is 0 Å². The fourth-order valence-corrected chi connectivity index (χ4v) is 4.09. The molecule has 0 aromatic carbocycles. The van der Waals surface area contributed by atoms with Crippen molar-refractivity contribution in [1.82, 2.24) is 15.0 Å². The Labute approximate surface area is 180 Å². The highest BCUT2D eigenvalue weighted by atomic mass is 35.5. The van der Waals surface area contributed by atoms with Gasteiger partial charge in [-0.05, 0) is 25.2 Å². The van der Waals surface area contributed by atoms with Crippen LogP contribution in [-0.2, 0) is 24.6 Å².